The molecule has 0 spiro atoms. The van der Waals surface area contributed by atoms with Gasteiger partial charge in [-0.25, -0.2) is 0 Å². The van der Waals surface area contributed by atoms with Gasteiger partial charge in [-0.15, -0.1) is 0 Å². The Balaban J connectivity index is 2.47. The van der Waals surface area contributed by atoms with Crippen LogP contribution in [0, 0.1) is 20.8 Å². The number of hydrogen-bond donors (Lipinski definition) is 0. The molecular weight excluding hydrogens is 236 g/mol. The van der Waals surface area contributed by atoms with Crippen molar-refractivity contribution in [2.75, 3.05) is 0 Å². The highest BCUT2D eigenvalue weighted by Crippen LogP contribution is 2.22. The van der Waals surface area contributed by atoms with Crippen molar-refractivity contribution in [2.24, 2.45) is 0 Å². The van der Waals surface area contributed by atoms with Gasteiger partial charge in [-0.3, -0.25) is 4.79 Å². The Hall–Kier alpha value is -1.54. The first kappa shape index (κ1) is 11.9. The number of hydrogen-bond acceptors (Lipinski definition) is 2. The second-order valence-corrected chi connectivity index (χ2v) is 4.55. The molecule has 1 heterocycles. The van der Waals surface area contributed by atoms with Gasteiger partial charge in [0.1, 0.15) is 11.5 Å². The van der Waals surface area contributed by atoms with Crippen molar-refractivity contribution in [2.45, 2.75) is 20.8 Å². The highest BCUT2D eigenvalue weighted by Gasteiger charge is 2.17. The summed E-state index contributed by atoms with van der Waals surface area (Å²) < 4.78 is 5.37. The molecule has 17 heavy (non-hydrogen) atoms. The standard InChI is InChI=1S/C14H13ClO2/c1-8-6-11(15)4-5-12(8)14(16)13-7-9(2)17-10(13)3/h4-7H,1-3H3. The first-order valence-electron chi connectivity index (χ1n) is 5.37. The van der Waals surface area contributed by atoms with E-state index in [0.29, 0.717) is 21.9 Å². The molecule has 0 radical (unpaired) electrons. The number of aryl methyl sites for hydroxylation is 3. The number of furan rings is 1. The zero-order valence-electron chi connectivity index (χ0n) is 10.0. The average molecular weight is 249 g/mol. The fourth-order valence-corrected chi connectivity index (χ4v) is 2.11. The molecule has 0 aliphatic rings. The van der Waals surface area contributed by atoms with E-state index < -0.39 is 0 Å². The van der Waals surface area contributed by atoms with Crippen molar-refractivity contribution in [1.29, 1.82) is 0 Å². The van der Waals surface area contributed by atoms with Gasteiger partial charge in [0.25, 0.3) is 0 Å². The van der Waals surface area contributed by atoms with Gasteiger partial charge in [-0.2, -0.15) is 0 Å². The third-order valence-corrected chi connectivity index (χ3v) is 2.95. The predicted octanol–water partition coefficient (Wildman–Crippen LogP) is 4.09. The summed E-state index contributed by atoms with van der Waals surface area (Å²) in [6.07, 6.45) is 0. The maximum absolute atomic E-state index is 12.3. The van der Waals surface area contributed by atoms with Crippen LogP contribution in [0.25, 0.3) is 0 Å². The first-order chi connectivity index (χ1) is 7.99. The van der Waals surface area contributed by atoms with Gasteiger partial charge in [0.05, 0.1) is 5.56 Å². The van der Waals surface area contributed by atoms with E-state index in [1.807, 2.05) is 13.8 Å². The van der Waals surface area contributed by atoms with Crippen LogP contribution < -0.4 is 0 Å². The van der Waals surface area contributed by atoms with Crippen LogP contribution in [0.2, 0.25) is 5.02 Å². The lowest BCUT2D eigenvalue weighted by molar-refractivity contribution is 0.103. The van der Waals surface area contributed by atoms with Crippen molar-refractivity contribution in [3.63, 3.8) is 0 Å². The molecule has 2 rings (SSSR count). The molecular formula is C14H13ClO2. The van der Waals surface area contributed by atoms with Gasteiger partial charge in [-0.1, -0.05) is 11.6 Å². The number of halogens is 1. The summed E-state index contributed by atoms with van der Waals surface area (Å²) in [5.41, 5.74) is 2.16. The minimum absolute atomic E-state index is 0.0199. The molecule has 0 saturated carbocycles. The summed E-state index contributed by atoms with van der Waals surface area (Å²) >= 11 is 5.87. The molecule has 88 valence electrons. The molecule has 0 saturated heterocycles. The second-order valence-electron chi connectivity index (χ2n) is 4.12. The molecule has 0 aliphatic carbocycles. The number of rotatable bonds is 2. The quantitative estimate of drug-likeness (QED) is 0.750. The second kappa shape index (κ2) is 4.38. The van der Waals surface area contributed by atoms with Crippen molar-refractivity contribution >= 4 is 17.4 Å². The Morgan fingerprint density at radius 2 is 1.82 bits per heavy atom. The van der Waals surface area contributed by atoms with Crippen LogP contribution in [-0.4, -0.2) is 5.78 Å². The summed E-state index contributed by atoms with van der Waals surface area (Å²) in [4.78, 5) is 12.3. The number of ketones is 1. The fourth-order valence-electron chi connectivity index (χ4n) is 1.88. The fraction of sp³-hybridized carbons (Fsp3) is 0.214. The lowest BCUT2D eigenvalue weighted by Crippen LogP contribution is -2.03. The molecule has 2 nitrogen and oxygen atoms in total. The van der Waals surface area contributed by atoms with Crippen LogP contribution in [0.1, 0.15) is 33.0 Å². The molecule has 1 aromatic carbocycles. The zero-order chi connectivity index (χ0) is 12.6. The molecule has 0 amide bonds. The van der Waals surface area contributed by atoms with Gasteiger partial charge in [-0.05, 0) is 50.6 Å². The van der Waals surface area contributed by atoms with Crippen LogP contribution in [-0.2, 0) is 0 Å². The predicted molar refractivity (Wildman–Crippen MR) is 67.8 cm³/mol. The minimum atomic E-state index is -0.0199. The highest BCUT2D eigenvalue weighted by molar-refractivity contribution is 6.30. The number of carbonyl (C=O) groups is 1. The molecule has 0 N–H and O–H groups in total. The van der Waals surface area contributed by atoms with E-state index in [4.69, 9.17) is 16.0 Å². The van der Waals surface area contributed by atoms with E-state index in [9.17, 15) is 4.79 Å². The third kappa shape index (κ3) is 2.27. The minimum Gasteiger partial charge on any atom is -0.466 e. The highest BCUT2D eigenvalue weighted by atomic mass is 35.5. The van der Waals surface area contributed by atoms with E-state index in [1.54, 1.807) is 31.2 Å². The maximum Gasteiger partial charge on any atom is 0.196 e. The van der Waals surface area contributed by atoms with Gasteiger partial charge >= 0.3 is 0 Å². The van der Waals surface area contributed by atoms with Crippen LogP contribution in [0.4, 0.5) is 0 Å². The Labute approximate surface area is 105 Å². The van der Waals surface area contributed by atoms with Crippen LogP contribution in [0.15, 0.2) is 28.7 Å². The van der Waals surface area contributed by atoms with Crippen molar-refractivity contribution < 1.29 is 9.21 Å². The molecule has 2 aromatic rings. The monoisotopic (exact) mass is 248 g/mol. The van der Waals surface area contributed by atoms with Crippen molar-refractivity contribution in [3.05, 3.63) is 57.5 Å². The average Bonchev–Trinajstić information content (AvgIpc) is 2.57. The lowest BCUT2D eigenvalue weighted by Gasteiger charge is -2.04. The van der Waals surface area contributed by atoms with Crippen molar-refractivity contribution in [1.82, 2.24) is 0 Å². The Morgan fingerprint density at radius 3 is 2.35 bits per heavy atom. The Kier molecular flexibility index (Phi) is 3.07. The number of benzene rings is 1. The van der Waals surface area contributed by atoms with Crippen LogP contribution >= 0.6 is 11.6 Å². The smallest absolute Gasteiger partial charge is 0.196 e. The summed E-state index contributed by atoms with van der Waals surface area (Å²) in [5.74, 6) is 1.38. The summed E-state index contributed by atoms with van der Waals surface area (Å²) in [6, 6.07) is 7.04. The molecule has 1 aromatic heterocycles. The van der Waals surface area contributed by atoms with E-state index in [-0.39, 0.29) is 5.78 Å². The van der Waals surface area contributed by atoms with Gasteiger partial charge in [0.15, 0.2) is 5.78 Å². The van der Waals surface area contributed by atoms with Crippen molar-refractivity contribution in [3.8, 4) is 0 Å². The Morgan fingerprint density at radius 1 is 1.12 bits per heavy atom. The van der Waals surface area contributed by atoms with Crippen LogP contribution in [0.3, 0.4) is 0 Å². The first-order valence-corrected chi connectivity index (χ1v) is 5.74. The molecule has 0 aliphatic heterocycles. The van der Waals surface area contributed by atoms with E-state index in [0.717, 1.165) is 11.3 Å². The number of carbonyl (C=O) groups excluding carboxylic acids is 1. The van der Waals surface area contributed by atoms with Crippen LogP contribution in [0.5, 0.6) is 0 Å². The molecule has 0 bridgehead atoms. The van der Waals surface area contributed by atoms with E-state index in [1.165, 1.54) is 0 Å². The molecule has 0 fully saturated rings. The lowest BCUT2D eigenvalue weighted by atomic mass is 9.99. The summed E-state index contributed by atoms with van der Waals surface area (Å²) in [7, 11) is 0. The Bertz CT molecular complexity index is 582. The van der Waals surface area contributed by atoms with Gasteiger partial charge in [0.2, 0.25) is 0 Å². The summed E-state index contributed by atoms with van der Waals surface area (Å²) in [5, 5.41) is 0.638. The molecule has 0 unspecified atom stereocenters. The largest absolute Gasteiger partial charge is 0.466 e. The molecule has 3 heteroatoms. The molecule has 0 atom stereocenters. The third-order valence-electron chi connectivity index (χ3n) is 2.72. The SMILES string of the molecule is Cc1cc(C(=O)c2ccc(Cl)cc2C)c(C)o1. The maximum atomic E-state index is 12.3. The van der Waals surface area contributed by atoms with E-state index in [2.05, 4.69) is 0 Å². The van der Waals surface area contributed by atoms with E-state index >= 15 is 0 Å². The van der Waals surface area contributed by atoms with Gasteiger partial charge in [0, 0.05) is 10.6 Å². The normalized spacial score (nSPS) is 10.6. The topological polar surface area (TPSA) is 30.2 Å². The zero-order valence-corrected chi connectivity index (χ0v) is 10.8. The van der Waals surface area contributed by atoms with Gasteiger partial charge < -0.3 is 4.42 Å². The summed E-state index contributed by atoms with van der Waals surface area (Å²) in [6.45, 7) is 5.51.